The normalized spacial score (nSPS) is 12.2. The molecule has 0 bridgehead atoms. The van der Waals surface area contributed by atoms with Gasteiger partial charge in [0.25, 0.3) is 0 Å². The van der Waals surface area contributed by atoms with Crippen LogP contribution in [0.5, 0.6) is 0 Å². The van der Waals surface area contributed by atoms with Gasteiger partial charge in [0, 0.05) is 24.8 Å². The average Bonchev–Trinajstić information content (AvgIpc) is 2.47. The van der Waals surface area contributed by atoms with Gasteiger partial charge < -0.3 is 10.2 Å². The lowest BCUT2D eigenvalue weighted by Gasteiger charge is -2.29. The first-order chi connectivity index (χ1) is 9.65. The smallest absolute Gasteiger partial charge is 0.128 e. The van der Waals surface area contributed by atoms with E-state index in [0.29, 0.717) is 5.56 Å². The average molecular weight is 272 g/mol. The van der Waals surface area contributed by atoms with Crippen LogP contribution >= 0.6 is 0 Å². The molecule has 1 unspecified atom stereocenters. The predicted molar refractivity (Wildman–Crippen MR) is 82.4 cm³/mol. The Hall–Kier alpha value is -1.87. The van der Waals surface area contributed by atoms with E-state index in [-0.39, 0.29) is 11.9 Å². The van der Waals surface area contributed by atoms with E-state index in [2.05, 4.69) is 22.3 Å². The molecule has 3 heteroatoms. The largest absolute Gasteiger partial charge is 0.367 e. The summed E-state index contributed by atoms with van der Waals surface area (Å²) in [6.45, 7) is 2.82. The Balaban J connectivity index is 2.31. The van der Waals surface area contributed by atoms with E-state index in [1.165, 1.54) is 11.6 Å². The maximum atomic E-state index is 13.9. The van der Waals surface area contributed by atoms with Gasteiger partial charge in [-0.05, 0) is 31.7 Å². The Morgan fingerprint density at radius 3 is 2.45 bits per heavy atom. The third kappa shape index (κ3) is 2.99. The topological polar surface area (TPSA) is 15.3 Å². The lowest BCUT2D eigenvalue weighted by Crippen LogP contribution is -2.24. The Bertz CT molecular complexity index is 568. The highest BCUT2D eigenvalue weighted by Gasteiger charge is 2.17. The van der Waals surface area contributed by atoms with E-state index in [9.17, 15) is 4.39 Å². The standard InChI is InChI=1S/C17H21FN2/c1-13(15-9-5-6-10-16(15)18)20(3)17-11-7-4-8-14(17)12-19-2/h4-11,13,19H,12H2,1-3H3. The third-order valence-electron chi connectivity index (χ3n) is 3.68. The molecule has 0 aliphatic carbocycles. The summed E-state index contributed by atoms with van der Waals surface area (Å²) >= 11 is 0. The van der Waals surface area contributed by atoms with Crippen LogP contribution in [0, 0.1) is 5.82 Å². The van der Waals surface area contributed by atoms with Crippen molar-refractivity contribution in [1.29, 1.82) is 0 Å². The van der Waals surface area contributed by atoms with Crippen LogP contribution in [-0.4, -0.2) is 14.1 Å². The van der Waals surface area contributed by atoms with Gasteiger partial charge in [0.05, 0.1) is 6.04 Å². The molecule has 2 aromatic carbocycles. The molecule has 0 radical (unpaired) electrons. The molecule has 0 saturated heterocycles. The summed E-state index contributed by atoms with van der Waals surface area (Å²) in [5, 5.41) is 3.17. The first-order valence-electron chi connectivity index (χ1n) is 6.85. The molecule has 0 aliphatic heterocycles. The van der Waals surface area contributed by atoms with Gasteiger partial charge >= 0.3 is 0 Å². The molecular weight excluding hydrogens is 251 g/mol. The molecule has 0 aliphatic rings. The summed E-state index contributed by atoms with van der Waals surface area (Å²) in [6.07, 6.45) is 0. The van der Waals surface area contributed by atoms with E-state index >= 15 is 0 Å². The molecule has 2 rings (SSSR count). The number of para-hydroxylation sites is 1. The van der Waals surface area contributed by atoms with Gasteiger partial charge in [-0.25, -0.2) is 4.39 Å². The molecule has 0 amide bonds. The van der Waals surface area contributed by atoms with Crippen molar-refractivity contribution in [2.24, 2.45) is 0 Å². The number of hydrogen-bond acceptors (Lipinski definition) is 2. The minimum absolute atomic E-state index is 0.0193. The number of benzene rings is 2. The molecule has 0 heterocycles. The van der Waals surface area contributed by atoms with Crippen molar-refractivity contribution < 1.29 is 4.39 Å². The second kappa shape index (κ2) is 6.53. The lowest BCUT2D eigenvalue weighted by molar-refractivity contribution is 0.585. The fourth-order valence-corrected chi connectivity index (χ4v) is 2.43. The summed E-state index contributed by atoms with van der Waals surface area (Å²) in [4.78, 5) is 2.12. The molecule has 1 N–H and O–H groups in total. The summed E-state index contributed by atoms with van der Waals surface area (Å²) in [6, 6.07) is 15.1. The van der Waals surface area contributed by atoms with Crippen LogP contribution in [0.1, 0.15) is 24.1 Å². The summed E-state index contributed by atoms with van der Waals surface area (Å²) in [5.74, 6) is -0.155. The van der Waals surface area contributed by atoms with Gasteiger partial charge in [-0.2, -0.15) is 0 Å². The van der Waals surface area contributed by atoms with Crippen molar-refractivity contribution >= 4 is 5.69 Å². The second-order valence-corrected chi connectivity index (χ2v) is 4.97. The molecule has 2 aromatic rings. The Kier molecular flexibility index (Phi) is 4.74. The second-order valence-electron chi connectivity index (χ2n) is 4.97. The van der Waals surface area contributed by atoms with Gasteiger partial charge in [-0.1, -0.05) is 36.4 Å². The van der Waals surface area contributed by atoms with Crippen LogP contribution < -0.4 is 10.2 Å². The van der Waals surface area contributed by atoms with Crippen LogP contribution in [0.2, 0.25) is 0 Å². The zero-order chi connectivity index (χ0) is 14.5. The van der Waals surface area contributed by atoms with E-state index in [1.54, 1.807) is 6.07 Å². The Labute approximate surface area is 120 Å². The van der Waals surface area contributed by atoms with E-state index in [4.69, 9.17) is 0 Å². The van der Waals surface area contributed by atoms with Crippen LogP contribution in [0.25, 0.3) is 0 Å². The van der Waals surface area contributed by atoms with Crippen LogP contribution in [0.4, 0.5) is 10.1 Å². The fraction of sp³-hybridized carbons (Fsp3) is 0.294. The molecule has 0 aromatic heterocycles. The monoisotopic (exact) mass is 272 g/mol. The SMILES string of the molecule is CNCc1ccccc1N(C)C(C)c1ccccc1F. The van der Waals surface area contributed by atoms with Gasteiger partial charge in [0.15, 0.2) is 0 Å². The van der Waals surface area contributed by atoms with Gasteiger partial charge in [-0.3, -0.25) is 0 Å². The Morgan fingerprint density at radius 2 is 1.75 bits per heavy atom. The minimum atomic E-state index is -0.155. The molecule has 106 valence electrons. The highest BCUT2D eigenvalue weighted by Crippen LogP contribution is 2.29. The Morgan fingerprint density at radius 1 is 1.10 bits per heavy atom. The van der Waals surface area contributed by atoms with Crippen molar-refractivity contribution in [3.8, 4) is 0 Å². The maximum absolute atomic E-state index is 13.9. The number of halogens is 1. The number of nitrogens with zero attached hydrogens (tertiary/aromatic N) is 1. The van der Waals surface area contributed by atoms with Crippen molar-refractivity contribution in [3.05, 3.63) is 65.5 Å². The van der Waals surface area contributed by atoms with Crippen LogP contribution in [0.3, 0.4) is 0 Å². The van der Waals surface area contributed by atoms with Crippen molar-refractivity contribution in [2.45, 2.75) is 19.5 Å². The van der Waals surface area contributed by atoms with Gasteiger partial charge in [-0.15, -0.1) is 0 Å². The quantitative estimate of drug-likeness (QED) is 0.892. The summed E-state index contributed by atoms with van der Waals surface area (Å²) < 4.78 is 13.9. The van der Waals surface area contributed by atoms with E-state index in [0.717, 1.165) is 12.2 Å². The molecule has 1 atom stereocenters. The first kappa shape index (κ1) is 14.5. The van der Waals surface area contributed by atoms with Crippen LogP contribution in [-0.2, 0) is 6.54 Å². The lowest BCUT2D eigenvalue weighted by atomic mass is 10.0. The molecule has 20 heavy (non-hydrogen) atoms. The summed E-state index contributed by atoms with van der Waals surface area (Å²) in [5.41, 5.74) is 3.05. The van der Waals surface area contributed by atoms with Crippen molar-refractivity contribution in [3.63, 3.8) is 0 Å². The highest BCUT2D eigenvalue weighted by atomic mass is 19.1. The van der Waals surface area contributed by atoms with E-state index < -0.39 is 0 Å². The number of rotatable bonds is 5. The zero-order valence-corrected chi connectivity index (χ0v) is 12.2. The molecule has 0 fully saturated rings. The summed E-state index contributed by atoms with van der Waals surface area (Å²) in [7, 11) is 3.93. The molecular formula is C17H21FN2. The molecule has 2 nitrogen and oxygen atoms in total. The fourth-order valence-electron chi connectivity index (χ4n) is 2.43. The number of hydrogen-bond donors (Lipinski definition) is 1. The number of nitrogens with one attached hydrogen (secondary N) is 1. The van der Waals surface area contributed by atoms with Gasteiger partial charge in [0.1, 0.15) is 5.82 Å². The first-order valence-corrected chi connectivity index (χ1v) is 6.85. The minimum Gasteiger partial charge on any atom is -0.367 e. The number of anilines is 1. The van der Waals surface area contributed by atoms with Gasteiger partial charge in [0.2, 0.25) is 0 Å². The molecule has 0 spiro atoms. The van der Waals surface area contributed by atoms with Crippen LogP contribution in [0.15, 0.2) is 48.5 Å². The highest BCUT2D eigenvalue weighted by molar-refractivity contribution is 5.54. The predicted octanol–water partition coefficient (Wildman–Crippen LogP) is 3.74. The molecule has 0 saturated carbocycles. The maximum Gasteiger partial charge on any atom is 0.128 e. The van der Waals surface area contributed by atoms with E-state index in [1.807, 2.05) is 45.3 Å². The zero-order valence-electron chi connectivity index (χ0n) is 12.2. The van der Waals surface area contributed by atoms with Crippen molar-refractivity contribution in [2.75, 3.05) is 19.0 Å². The van der Waals surface area contributed by atoms with Crippen molar-refractivity contribution in [1.82, 2.24) is 5.32 Å². The third-order valence-corrected chi connectivity index (χ3v) is 3.68.